The highest BCUT2D eigenvalue weighted by Gasteiger charge is 2.24. The Morgan fingerprint density at radius 3 is 2.67 bits per heavy atom. The van der Waals surface area contributed by atoms with E-state index < -0.39 is 9.84 Å². The van der Waals surface area contributed by atoms with Crippen molar-refractivity contribution in [2.75, 3.05) is 16.8 Å². The average Bonchev–Trinajstić information content (AvgIpc) is 2.88. The van der Waals surface area contributed by atoms with Gasteiger partial charge in [-0.2, -0.15) is 0 Å². The molecule has 0 saturated carbocycles. The van der Waals surface area contributed by atoms with Gasteiger partial charge < -0.3 is 5.32 Å². The number of hydrogen-bond donors (Lipinski definition) is 1. The predicted octanol–water partition coefficient (Wildman–Crippen LogP) is 1.56. The Balaban J connectivity index is 1.82. The van der Waals surface area contributed by atoms with Gasteiger partial charge >= 0.3 is 0 Å². The normalized spacial score (nSPS) is 18.5. The van der Waals surface area contributed by atoms with Gasteiger partial charge in [-0.05, 0) is 31.9 Å². The summed E-state index contributed by atoms with van der Waals surface area (Å²) < 4.78 is 24.9. The van der Waals surface area contributed by atoms with Crippen LogP contribution in [0.15, 0.2) is 30.7 Å². The maximum atomic E-state index is 11.5. The van der Waals surface area contributed by atoms with E-state index in [0.717, 1.165) is 17.3 Å². The first-order chi connectivity index (χ1) is 10.1. The van der Waals surface area contributed by atoms with Crippen LogP contribution in [-0.2, 0) is 9.84 Å². The zero-order chi connectivity index (χ0) is 14.9. The van der Waals surface area contributed by atoms with Crippen LogP contribution >= 0.6 is 0 Å². The van der Waals surface area contributed by atoms with Gasteiger partial charge in [0.05, 0.1) is 17.2 Å². The highest BCUT2D eigenvalue weighted by Crippen LogP contribution is 2.23. The van der Waals surface area contributed by atoms with Gasteiger partial charge in [0, 0.05) is 24.6 Å². The number of aryl methyl sites for hydroxylation is 1. The Bertz CT molecular complexity index is 725. The standard InChI is InChI=1S/C14H18N4O2S/c1-11-15-7-8-18(11)14-13(3-2-6-16-14)17-12-4-9-21(19,20)10-5-12/h2-3,6-8,12,17H,4-5,9-10H2,1H3. The molecule has 3 rings (SSSR count). The second kappa shape index (κ2) is 5.48. The van der Waals surface area contributed by atoms with E-state index in [2.05, 4.69) is 15.3 Å². The Labute approximate surface area is 124 Å². The Morgan fingerprint density at radius 2 is 2.00 bits per heavy atom. The molecular formula is C14H18N4O2S. The number of hydrogen-bond acceptors (Lipinski definition) is 5. The molecule has 0 spiro atoms. The van der Waals surface area contributed by atoms with E-state index in [-0.39, 0.29) is 17.5 Å². The summed E-state index contributed by atoms with van der Waals surface area (Å²) in [6.07, 6.45) is 6.62. The first kappa shape index (κ1) is 14.1. The Kier molecular flexibility index (Phi) is 3.67. The molecule has 0 unspecified atom stereocenters. The van der Waals surface area contributed by atoms with Crippen molar-refractivity contribution < 1.29 is 8.42 Å². The lowest BCUT2D eigenvalue weighted by Gasteiger charge is -2.25. The fraction of sp³-hybridized carbons (Fsp3) is 0.429. The molecule has 0 aliphatic carbocycles. The van der Waals surface area contributed by atoms with Crippen molar-refractivity contribution >= 4 is 15.5 Å². The van der Waals surface area contributed by atoms with Gasteiger partial charge in [-0.3, -0.25) is 4.57 Å². The number of anilines is 1. The number of imidazole rings is 1. The lowest BCUT2D eigenvalue weighted by molar-refractivity contribution is 0.559. The smallest absolute Gasteiger partial charge is 0.161 e. The second-order valence-electron chi connectivity index (χ2n) is 5.29. The van der Waals surface area contributed by atoms with E-state index in [1.54, 1.807) is 12.4 Å². The maximum Gasteiger partial charge on any atom is 0.161 e. The lowest BCUT2D eigenvalue weighted by atomic mass is 10.1. The van der Waals surface area contributed by atoms with Crippen LogP contribution in [0.2, 0.25) is 0 Å². The van der Waals surface area contributed by atoms with Crippen molar-refractivity contribution in [3.05, 3.63) is 36.5 Å². The first-order valence-electron chi connectivity index (χ1n) is 6.97. The van der Waals surface area contributed by atoms with Crippen molar-refractivity contribution in [1.82, 2.24) is 14.5 Å². The van der Waals surface area contributed by atoms with Crippen LogP contribution in [0, 0.1) is 6.92 Å². The summed E-state index contributed by atoms with van der Waals surface area (Å²) in [5, 5.41) is 3.43. The molecule has 1 aliphatic heterocycles. The number of sulfone groups is 1. The quantitative estimate of drug-likeness (QED) is 0.931. The number of aromatic nitrogens is 3. The summed E-state index contributed by atoms with van der Waals surface area (Å²) in [6.45, 7) is 1.92. The van der Waals surface area contributed by atoms with Crippen LogP contribution in [0.3, 0.4) is 0 Å². The minimum atomic E-state index is -2.84. The third-order valence-electron chi connectivity index (χ3n) is 3.75. The summed E-state index contributed by atoms with van der Waals surface area (Å²) in [4.78, 5) is 8.63. The zero-order valence-electron chi connectivity index (χ0n) is 11.9. The molecule has 1 N–H and O–H groups in total. The molecule has 0 atom stereocenters. The van der Waals surface area contributed by atoms with Crippen LogP contribution in [0.5, 0.6) is 0 Å². The molecule has 2 aromatic heterocycles. The van der Waals surface area contributed by atoms with Crippen LogP contribution in [0.4, 0.5) is 5.69 Å². The Hall–Kier alpha value is -1.89. The fourth-order valence-electron chi connectivity index (χ4n) is 2.56. The van der Waals surface area contributed by atoms with Gasteiger partial charge in [0.25, 0.3) is 0 Å². The molecule has 0 amide bonds. The predicted molar refractivity (Wildman–Crippen MR) is 81.4 cm³/mol. The minimum Gasteiger partial charge on any atom is -0.379 e. The molecule has 112 valence electrons. The maximum absolute atomic E-state index is 11.5. The Morgan fingerprint density at radius 1 is 1.24 bits per heavy atom. The average molecular weight is 306 g/mol. The highest BCUT2D eigenvalue weighted by molar-refractivity contribution is 7.91. The third-order valence-corrected chi connectivity index (χ3v) is 5.47. The van der Waals surface area contributed by atoms with Gasteiger partial charge in [0.2, 0.25) is 0 Å². The van der Waals surface area contributed by atoms with Crippen LogP contribution in [0.25, 0.3) is 5.82 Å². The molecule has 0 bridgehead atoms. The summed E-state index contributed by atoms with van der Waals surface area (Å²) >= 11 is 0. The van der Waals surface area contributed by atoms with Crippen molar-refractivity contribution in [3.8, 4) is 5.82 Å². The van der Waals surface area contributed by atoms with Crippen LogP contribution < -0.4 is 5.32 Å². The summed E-state index contributed by atoms with van der Waals surface area (Å²) in [5.74, 6) is 2.17. The molecule has 1 fully saturated rings. The van der Waals surface area contributed by atoms with E-state index in [0.29, 0.717) is 12.8 Å². The number of nitrogens with one attached hydrogen (secondary N) is 1. The van der Waals surface area contributed by atoms with Gasteiger partial charge in [-0.1, -0.05) is 0 Å². The first-order valence-corrected chi connectivity index (χ1v) is 8.79. The molecular weight excluding hydrogens is 288 g/mol. The SMILES string of the molecule is Cc1nccn1-c1ncccc1NC1CCS(=O)(=O)CC1. The zero-order valence-corrected chi connectivity index (χ0v) is 12.7. The van der Waals surface area contributed by atoms with Gasteiger partial charge in [-0.25, -0.2) is 18.4 Å². The van der Waals surface area contributed by atoms with E-state index in [4.69, 9.17) is 0 Å². The topological polar surface area (TPSA) is 76.9 Å². The molecule has 3 heterocycles. The molecule has 6 nitrogen and oxygen atoms in total. The van der Waals surface area contributed by atoms with Crippen molar-refractivity contribution in [2.24, 2.45) is 0 Å². The van der Waals surface area contributed by atoms with Crippen molar-refractivity contribution in [3.63, 3.8) is 0 Å². The van der Waals surface area contributed by atoms with Crippen LogP contribution in [-0.4, -0.2) is 40.5 Å². The third kappa shape index (κ3) is 3.07. The molecule has 0 radical (unpaired) electrons. The van der Waals surface area contributed by atoms with Gasteiger partial charge in [0.15, 0.2) is 5.82 Å². The van der Waals surface area contributed by atoms with Crippen LogP contribution in [0.1, 0.15) is 18.7 Å². The summed E-state index contributed by atoms with van der Waals surface area (Å²) in [5.41, 5.74) is 0.905. The molecule has 2 aromatic rings. The number of pyridine rings is 1. The monoisotopic (exact) mass is 306 g/mol. The van der Waals surface area contributed by atoms with E-state index in [9.17, 15) is 8.42 Å². The highest BCUT2D eigenvalue weighted by atomic mass is 32.2. The molecule has 7 heteroatoms. The molecule has 0 aromatic carbocycles. The van der Waals surface area contributed by atoms with E-state index >= 15 is 0 Å². The molecule has 1 aliphatic rings. The summed E-state index contributed by atoms with van der Waals surface area (Å²) in [6, 6.07) is 4.00. The molecule has 21 heavy (non-hydrogen) atoms. The largest absolute Gasteiger partial charge is 0.379 e. The fourth-order valence-corrected chi connectivity index (χ4v) is 4.05. The van der Waals surface area contributed by atoms with Crippen molar-refractivity contribution in [1.29, 1.82) is 0 Å². The molecule has 1 saturated heterocycles. The number of rotatable bonds is 3. The minimum absolute atomic E-state index is 0.167. The summed E-state index contributed by atoms with van der Waals surface area (Å²) in [7, 11) is -2.84. The second-order valence-corrected chi connectivity index (χ2v) is 7.59. The van der Waals surface area contributed by atoms with Gasteiger partial charge in [0.1, 0.15) is 15.7 Å². The lowest BCUT2D eigenvalue weighted by Crippen LogP contribution is -2.32. The van der Waals surface area contributed by atoms with Crippen molar-refractivity contribution in [2.45, 2.75) is 25.8 Å². The number of nitrogens with zero attached hydrogens (tertiary/aromatic N) is 3. The van der Waals surface area contributed by atoms with E-state index in [1.165, 1.54) is 0 Å². The van der Waals surface area contributed by atoms with E-state index in [1.807, 2.05) is 29.8 Å². The van der Waals surface area contributed by atoms with Gasteiger partial charge in [-0.15, -0.1) is 0 Å².